The molecule has 1 fully saturated rings. The number of anilines is 2. The molecule has 3 rings (SSSR count). The molecule has 0 saturated carbocycles. The van der Waals surface area contributed by atoms with E-state index < -0.39 is 5.82 Å². The van der Waals surface area contributed by atoms with E-state index in [0.717, 1.165) is 12.2 Å². The van der Waals surface area contributed by atoms with E-state index in [2.05, 4.69) is 24.1 Å². The summed E-state index contributed by atoms with van der Waals surface area (Å²) in [6.07, 6.45) is 0. The second kappa shape index (κ2) is 6.61. The van der Waals surface area contributed by atoms with Gasteiger partial charge in [0.1, 0.15) is 5.82 Å². The first kappa shape index (κ1) is 16.5. The van der Waals surface area contributed by atoms with Gasteiger partial charge in [-0.05, 0) is 56.3 Å². The number of nitrogens with zero attached hydrogens (tertiary/aromatic N) is 1. The average molecular weight is 328 g/mol. The van der Waals surface area contributed by atoms with Crippen LogP contribution in [-0.2, 0) is 4.74 Å². The van der Waals surface area contributed by atoms with Gasteiger partial charge in [-0.2, -0.15) is 0 Å². The number of carbonyl (C=O) groups excluding carboxylic acids is 1. The minimum atomic E-state index is -0.424. The lowest BCUT2D eigenvalue weighted by Gasteiger charge is -2.43. The number of hydrogen-bond donors (Lipinski definition) is 1. The van der Waals surface area contributed by atoms with Gasteiger partial charge in [-0.25, -0.2) is 4.39 Å². The Balaban J connectivity index is 1.72. The van der Waals surface area contributed by atoms with Crippen LogP contribution in [0.2, 0.25) is 0 Å². The predicted molar refractivity (Wildman–Crippen MR) is 93.0 cm³/mol. The van der Waals surface area contributed by atoms with E-state index in [9.17, 15) is 9.18 Å². The van der Waals surface area contributed by atoms with Crippen LogP contribution in [0.4, 0.5) is 15.8 Å². The van der Waals surface area contributed by atoms with E-state index in [-0.39, 0.29) is 11.4 Å². The molecule has 5 heteroatoms. The quantitative estimate of drug-likeness (QED) is 0.934. The van der Waals surface area contributed by atoms with Crippen LogP contribution in [-0.4, -0.2) is 31.2 Å². The summed E-state index contributed by atoms with van der Waals surface area (Å²) in [5, 5.41) is 2.79. The van der Waals surface area contributed by atoms with E-state index in [0.29, 0.717) is 24.5 Å². The van der Waals surface area contributed by atoms with Crippen molar-refractivity contribution in [3.8, 4) is 0 Å². The first-order chi connectivity index (χ1) is 11.5. The molecular weight excluding hydrogens is 307 g/mol. The molecule has 0 radical (unpaired) electrons. The lowest BCUT2D eigenvalue weighted by atomic mass is 10.0. The second-order valence-electron chi connectivity index (χ2n) is 6.53. The standard InChI is InChI=1S/C19H21FN2O2/c1-19(2)13-24-11-10-22(19)17-8-6-16(7-9-17)21-18(23)14-4-3-5-15(20)12-14/h3-9,12H,10-11,13H2,1-2H3,(H,21,23). The van der Waals surface area contributed by atoms with Crippen LogP contribution in [0.3, 0.4) is 0 Å². The zero-order valence-corrected chi connectivity index (χ0v) is 13.9. The molecule has 4 nitrogen and oxygen atoms in total. The summed E-state index contributed by atoms with van der Waals surface area (Å²) in [5.74, 6) is -0.749. The van der Waals surface area contributed by atoms with Gasteiger partial charge in [-0.15, -0.1) is 0 Å². The molecule has 126 valence electrons. The Hall–Kier alpha value is -2.40. The fraction of sp³-hybridized carbons (Fsp3) is 0.316. The molecule has 0 bridgehead atoms. The molecule has 0 aromatic heterocycles. The molecule has 0 atom stereocenters. The van der Waals surface area contributed by atoms with Crippen LogP contribution in [0.5, 0.6) is 0 Å². The number of benzene rings is 2. The van der Waals surface area contributed by atoms with Crippen molar-refractivity contribution in [2.45, 2.75) is 19.4 Å². The van der Waals surface area contributed by atoms with Gasteiger partial charge in [-0.3, -0.25) is 4.79 Å². The fourth-order valence-corrected chi connectivity index (χ4v) is 2.89. The summed E-state index contributed by atoms with van der Waals surface area (Å²) in [5.41, 5.74) is 2.00. The molecule has 1 saturated heterocycles. The highest BCUT2D eigenvalue weighted by molar-refractivity contribution is 6.04. The molecule has 2 aromatic rings. The minimum Gasteiger partial charge on any atom is -0.377 e. The molecule has 1 aliphatic heterocycles. The first-order valence-electron chi connectivity index (χ1n) is 7.98. The molecule has 2 aromatic carbocycles. The SMILES string of the molecule is CC1(C)COCCN1c1ccc(NC(=O)c2cccc(F)c2)cc1. The highest BCUT2D eigenvalue weighted by Gasteiger charge is 2.30. The third kappa shape index (κ3) is 3.57. The van der Waals surface area contributed by atoms with Crippen molar-refractivity contribution in [1.82, 2.24) is 0 Å². The van der Waals surface area contributed by atoms with Crippen molar-refractivity contribution in [1.29, 1.82) is 0 Å². The molecule has 0 aliphatic carbocycles. The van der Waals surface area contributed by atoms with Crippen LogP contribution in [0, 0.1) is 5.82 Å². The Labute approximate surface area is 141 Å². The van der Waals surface area contributed by atoms with Crippen molar-refractivity contribution < 1.29 is 13.9 Å². The average Bonchev–Trinajstić information content (AvgIpc) is 2.55. The Morgan fingerprint density at radius 3 is 2.62 bits per heavy atom. The topological polar surface area (TPSA) is 41.6 Å². The van der Waals surface area contributed by atoms with Crippen LogP contribution >= 0.6 is 0 Å². The number of carbonyl (C=O) groups is 1. The van der Waals surface area contributed by atoms with Gasteiger partial charge in [0.25, 0.3) is 5.91 Å². The van der Waals surface area contributed by atoms with Gasteiger partial charge < -0.3 is 15.0 Å². The summed E-state index contributed by atoms with van der Waals surface area (Å²) in [4.78, 5) is 14.5. The Morgan fingerprint density at radius 2 is 1.96 bits per heavy atom. The number of ether oxygens (including phenoxy) is 1. The first-order valence-corrected chi connectivity index (χ1v) is 7.98. The molecule has 0 spiro atoms. The van der Waals surface area contributed by atoms with Crippen molar-refractivity contribution in [2.24, 2.45) is 0 Å². The number of hydrogen-bond acceptors (Lipinski definition) is 3. The second-order valence-corrected chi connectivity index (χ2v) is 6.53. The zero-order valence-electron chi connectivity index (χ0n) is 13.9. The van der Waals surface area contributed by atoms with Crippen LogP contribution in [0.15, 0.2) is 48.5 Å². The fourth-order valence-electron chi connectivity index (χ4n) is 2.89. The van der Waals surface area contributed by atoms with E-state index in [4.69, 9.17) is 4.74 Å². The maximum absolute atomic E-state index is 13.2. The summed E-state index contributed by atoms with van der Waals surface area (Å²) < 4.78 is 18.7. The number of amides is 1. The van der Waals surface area contributed by atoms with E-state index in [1.54, 1.807) is 6.07 Å². The van der Waals surface area contributed by atoms with Gasteiger partial charge in [0.15, 0.2) is 0 Å². The maximum atomic E-state index is 13.2. The van der Waals surface area contributed by atoms with Crippen molar-refractivity contribution >= 4 is 17.3 Å². The van der Waals surface area contributed by atoms with Crippen molar-refractivity contribution in [3.05, 3.63) is 59.9 Å². The van der Waals surface area contributed by atoms with Gasteiger partial charge in [0.2, 0.25) is 0 Å². The van der Waals surface area contributed by atoms with E-state index >= 15 is 0 Å². The van der Waals surface area contributed by atoms with Crippen molar-refractivity contribution in [2.75, 3.05) is 30.0 Å². The minimum absolute atomic E-state index is 0.0649. The Bertz CT molecular complexity index is 728. The van der Waals surface area contributed by atoms with Gasteiger partial charge in [0, 0.05) is 23.5 Å². The Kier molecular flexibility index (Phi) is 4.53. The van der Waals surface area contributed by atoms with Crippen LogP contribution in [0.1, 0.15) is 24.2 Å². The third-order valence-corrected chi connectivity index (χ3v) is 4.17. The normalized spacial score (nSPS) is 16.7. The number of morpholine rings is 1. The highest BCUT2D eigenvalue weighted by Crippen LogP contribution is 2.28. The third-order valence-electron chi connectivity index (χ3n) is 4.17. The lowest BCUT2D eigenvalue weighted by molar-refractivity contribution is 0.0644. The number of nitrogens with one attached hydrogen (secondary N) is 1. The molecule has 24 heavy (non-hydrogen) atoms. The maximum Gasteiger partial charge on any atom is 0.255 e. The summed E-state index contributed by atoms with van der Waals surface area (Å²) in [6.45, 7) is 6.52. The molecule has 1 heterocycles. The smallest absolute Gasteiger partial charge is 0.255 e. The summed E-state index contributed by atoms with van der Waals surface area (Å²) >= 11 is 0. The van der Waals surface area contributed by atoms with E-state index in [1.165, 1.54) is 18.2 Å². The van der Waals surface area contributed by atoms with Crippen molar-refractivity contribution in [3.63, 3.8) is 0 Å². The van der Waals surface area contributed by atoms with Gasteiger partial charge in [-0.1, -0.05) is 6.07 Å². The largest absolute Gasteiger partial charge is 0.377 e. The number of rotatable bonds is 3. The molecule has 1 N–H and O–H groups in total. The molecule has 1 aliphatic rings. The van der Waals surface area contributed by atoms with E-state index in [1.807, 2.05) is 24.3 Å². The molecule has 1 amide bonds. The summed E-state index contributed by atoms with van der Waals surface area (Å²) in [6, 6.07) is 13.3. The van der Waals surface area contributed by atoms with Gasteiger partial charge in [0.05, 0.1) is 18.8 Å². The summed E-state index contributed by atoms with van der Waals surface area (Å²) in [7, 11) is 0. The number of halogens is 1. The monoisotopic (exact) mass is 328 g/mol. The lowest BCUT2D eigenvalue weighted by Crippen LogP contribution is -2.53. The van der Waals surface area contributed by atoms with Crippen LogP contribution in [0.25, 0.3) is 0 Å². The molecule has 0 unspecified atom stereocenters. The van der Waals surface area contributed by atoms with Crippen LogP contribution < -0.4 is 10.2 Å². The predicted octanol–water partition coefficient (Wildman–Crippen LogP) is 3.69. The molecular formula is C19H21FN2O2. The highest BCUT2D eigenvalue weighted by atomic mass is 19.1. The zero-order chi connectivity index (χ0) is 17.2. The van der Waals surface area contributed by atoms with Gasteiger partial charge >= 0.3 is 0 Å². The Morgan fingerprint density at radius 1 is 1.21 bits per heavy atom.